The van der Waals surface area contributed by atoms with Crippen LogP contribution in [0.2, 0.25) is 0 Å². The number of guanidine groups is 2. The van der Waals surface area contributed by atoms with Crippen LogP contribution in [0.5, 0.6) is 0 Å². The number of carboxylic acid groups (broad SMARTS) is 1. The molecule has 2 aliphatic rings. The lowest BCUT2D eigenvalue weighted by molar-refractivity contribution is -0.146. The van der Waals surface area contributed by atoms with E-state index in [-0.39, 0.29) is 68.7 Å². The summed E-state index contributed by atoms with van der Waals surface area (Å²) in [6.45, 7) is 0.924. The first-order chi connectivity index (χ1) is 28.1. The van der Waals surface area contributed by atoms with Crippen molar-refractivity contribution in [2.45, 2.75) is 145 Å². The van der Waals surface area contributed by atoms with Gasteiger partial charge in [0.1, 0.15) is 24.2 Å². The molecule has 2 fully saturated rings. The molecule has 336 valence electrons. The standard InChI is InChI=1S/C37H70N14O7S/c38-16-15-26(34(56)51-28-14-2-1-9-22(28)21-29(51)33(55)50-27(35(57)58)13-7-19-47-37(43)44)49-32(54)25(48-31(53)24(40)11-8-20-59)12-4-6-17-45-30(52)23(39)10-3-5-18-46-36(41)42/h22-29,59H,1-21,38-40H2,(H,45,52)(H,48,53)(H,49,54)(H,50,55)(H,57,58)(H4,41,42,46)(H4,43,44,47)/t22?,23-,24-,25-,26-,27-,28?,29-/m0/s1. The van der Waals surface area contributed by atoms with Gasteiger partial charge >= 0.3 is 5.97 Å². The number of hydrogen-bond acceptors (Lipinski definition) is 12. The fraction of sp³-hybridized carbons (Fsp3) is 0.784. The fourth-order valence-electron chi connectivity index (χ4n) is 7.54. The van der Waals surface area contributed by atoms with Crippen LogP contribution in [0, 0.1) is 5.92 Å². The van der Waals surface area contributed by atoms with Crippen molar-refractivity contribution in [2.24, 2.45) is 56.0 Å². The molecule has 1 saturated carbocycles. The molecular weight excluding hydrogens is 785 g/mol. The third-order valence-electron chi connectivity index (χ3n) is 10.7. The van der Waals surface area contributed by atoms with Crippen molar-refractivity contribution in [3.63, 3.8) is 0 Å². The van der Waals surface area contributed by atoms with Crippen LogP contribution in [0.15, 0.2) is 9.98 Å². The average Bonchev–Trinajstić information content (AvgIpc) is 3.59. The maximum atomic E-state index is 14.5. The molecule has 0 aromatic heterocycles. The summed E-state index contributed by atoms with van der Waals surface area (Å²) in [5.74, 6) is -3.43. The zero-order valence-electron chi connectivity index (χ0n) is 34.2. The fourth-order valence-corrected chi connectivity index (χ4v) is 7.72. The van der Waals surface area contributed by atoms with E-state index in [2.05, 4.69) is 43.9 Å². The zero-order valence-corrected chi connectivity index (χ0v) is 35.1. The molecule has 8 atom stereocenters. The Morgan fingerprint density at radius 3 is 1.93 bits per heavy atom. The van der Waals surface area contributed by atoms with Crippen molar-refractivity contribution >= 4 is 60.1 Å². The first-order valence-corrected chi connectivity index (χ1v) is 21.4. The van der Waals surface area contributed by atoms with Gasteiger partial charge in [0.25, 0.3) is 0 Å². The summed E-state index contributed by atoms with van der Waals surface area (Å²) in [5.41, 5.74) is 39.5. The first-order valence-electron chi connectivity index (χ1n) is 20.8. The van der Waals surface area contributed by atoms with Gasteiger partial charge < -0.3 is 71.4 Å². The lowest BCUT2D eigenvalue weighted by atomic mass is 9.84. The van der Waals surface area contributed by atoms with E-state index >= 15 is 0 Å². The summed E-state index contributed by atoms with van der Waals surface area (Å²) in [7, 11) is 0. The number of nitrogens with two attached hydrogens (primary N) is 7. The molecule has 21 nitrogen and oxygen atoms in total. The number of unbranched alkanes of at least 4 members (excludes halogenated alkanes) is 2. The Labute approximate surface area is 352 Å². The van der Waals surface area contributed by atoms with Crippen LogP contribution in [0.1, 0.15) is 103 Å². The quantitative estimate of drug-likeness (QED) is 0.0164. The molecule has 0 bridgehead atoms. The normalized spacial score (nSPS) is 19.8. The van der Waals surface area contributed by atoms with E-state index in [1.807, 2.05) is 0 Å². The Hall–Kier alpha value is -4.41. The monoisotopic (exact) mass is 855 g/mol. The number of carbonyl (C=O) groups excluding carboxylic acids is 5. The molecule has 0 aromatic carbocycles. The van der Waals surface area contributed by atoms with Crippen LogP contribution in [0.25, 0.3) is 0 Å². The largest absolute Gasteiger partial charge is 0.480 e. The number of nitrogens with one attached hydrogen (secondary N) is 4. The maximum Gasteiger partial charge on any atom is 0.326 e. The summed E-state index contributed by atoms with van der Waals surface area (Å²) in [6, 6.07) is -6.34. The molecular formula is C37H70N14O7S. The van der Waals surface area contributed by atoms with Crippen LogP contribution in [0.3, 0.4) is 0 Å². The number of aliphatic imine (C=N–C) groups is 2. The highest BCUT2D eigenvalue weighted by Gasteiger charge is 2.49. The van der Waals surface area contributed by atoms with Gasteiger partial charge in [-0.05, 0) is 108 Å². The number of rotatable bonds is 28. The highest BCUT2D eigenvalue weighted by molar-refractivity contribution is 7.80. The highest BCUT2D eigenvalue weighted by Crippen LogP contribution is 2.40. The number of carboxylic acids is 1. The summed E-state index contributed by atoms with van der Waals surface area (Å²) in [6.07, 6.45) is 7.68. The predicted molar refractivity (Wildman–Crippen MR) is 228 cm³/mol. The number of nitrogens with zero attached hydrogens (tertiary/aromatic N) is 3. The Morgan fingerprint density at radius 2 is 1.29 bits per heavy atom. The molecule has 1 aliphatic heterocycles. The Kier molecular flexibility index (Phi) is 23.5. The average molecular weight is 855 g/mol. The van der Waals surface area contributed by atoms with Gasteiger partial charge in [0.2, 0.25) is 29.5 Å². The number of aliphatic carboxylic acids is 1. The highest BCUT2D eigenvalue weighted by atomic mass is 32.1. The van der Waals surface area contributed by atoms with E-state index in [0.717, 1.165) is 19.3 Å². The number of thiol groups is 1. The smallest absolute Gasteiger partial charge is 0.326 e. The van der Waals surface area contributed by atoms with Crippen molar-refractivity contribution in [1.29, 1.82) is 0 Å². The topological polar surface area (TPSA) is 381 Å². The second-order valence-electron chi connectivity index (χ2n) is 15.3. The van der Waals surface area contributed by atoms with E-state index in [1.165, 1.54) is 4.90 Å². The molecule has 22 heteroatoms. The number of amides is 5. The van der Waals surface area contributed by atoms with Crippen LogP contribution in [-0.2, 0) is 28.8 Å². The summed E-state index contributed by atoms with van der Waals surface area (Å²) in [4.78, 5) is 89.4. The Bertz CT molecular complexity index is 1430. The summed E-state index contributed by atoms with van der Waals surface area (Å²) >= 11 is 4.19. The molecule has 2 rings (SSSR count). The minimum Gasteiger partial charge on any atom is -0.480 e. The van der Waals surface area contributed by atoms with Gasteiger partial charge in [-0.25, -0.2) is 4.79 Å². The Morgan fingerprint density at radius 1 is 0.695 bits per heavy atom. The van der Waals surface area contributed by atoms with Crippen molar-refractivity contribution in [2.75, 3.05) is 31.9 Å². The molecule has 19 N–H and O–H groups in total. The second-order valence-corrected chi connectivity index (χ2v) is 15.8. The summed E-state index contributed by atoms with van der Waals surface area (Å²) in [5, 5.41) is 20.8. The predicted octanol–water partition coefficient (Wildman–Crippen LogP) is -2.82. The van der Waals surface area contributed by atoms with E-state index < -0.39 is 65.8 Å². The van der Waals surface area contributed by atoms with Gasteiger partial charge in [-0.1, -0.05) is 12.8 Å². The molecule has 1 saturated heterocycles. The SMILES string of the molecule is NCC[C@H](NC(=O)[C@H](CCCCNC(=O)[C@@H](N)CCCCN=C(N)N)NC(=O)[C@@H](N)CCCS)C(=O)N1C2CCCCC2C[C@H]1C(=O)N[C@@H](CCCN=C(N)N)C(=O)O. The van der Waals surface area contributed by atoms with Gasteiger partial charge in [-0.3, -0.25) is 34.0 Å². The minimum atomic E-state index is -1.24. The maximum absolute atomic E-state index is 14.5. The van der Waals surface area contributed by atoms with Crippen LogP contribution < -0.4 is 61.4 Å². The Balaban J connectivity index is 2.18. The lowest BCUT2D eigenvalue weighted by Gasteiger charge is -2.36. The van der Waals surface area contributed by atoms with E-state index in [1.54, 1.807) is 0 Å². The van der Waals surface area contributed by atoms with E-state index in [4.69, 9.17) is 40.1 Å². The molecule has 59 heavy (non-hydrogen) atoms. The van der Waals surface area contributed by atoms with Crippen molar-refractivity contribution in [3.05, 3.63) is 0 Å². The van der Waals surface area contributed by atoms with Crippen LogP contribution in [0.4, 0.5) is 0 Å². The van der Waals surface area contributed by atoms with Crippen molar-refractivity contribution in [3.8, 4) is 0 Å². The van der Waals surface area contributed by atoms with Crippen molar-refractivity contribution in [1.82, 2.24) is 26.2 Å². The molecule has 0 spiro atoms. The van der Waals surface area contributed by atoms with E-state index in [0.29, 0.717) is 76.5 Å². The number of hydrogen-bond donors (Lipinski definition) is 13. The molecule has 1 aliphatic carbocycles. The number of carbonyl (C=O) groups is 6. The molecule has 5 amide bonds. The molecule has 0 radical (unpaired) electrons. The first kappa shape index (κ1) is 50.7. The zero-order chi connectivity index (χ0) is 43.9. The van der Waals surface area contributed by atoms with E-state index in [9.17, 15) is 33.9 Å². The van der Waals surface area contributed by atoms with Gasteiger partial charge in [0.15, 0.2) is 11.9 Å². The van der Waals surface area contributed by atoms with Gasteiger partial charge in [-0.2, -0.15) is 12.6 Å². The third-order valence-corrected chi connectivity index (χ3v) is 11.0. The number of fused-ring (bicyclic) bond motifs is 1. The van der Waals surface area contributed by atoms with Gasteiger partial charge in [-0.15, -0.1) is 0 Å². The summed E-state index contributed by atoms with van der Waals surface area (Å²) < 4.78 is 0. The molecule has 2 unspecified atom stereocenters. The van der Waals surface area contributed by atoms with Gasteiger partial charge in [0, 0.05) is 25.7 Å². The number of likely N-dealkylation sites (tertiary alicyclic amines) is 1. The third kappa shape index (κ3) is 18.2. The second kappa shape index (κ2) is 27.4. The van der Waals surface area contributed by atoms with Gasteiger partial charge in [0.05, 0.1) is 12.1 Å². The molecule has 1 heterocycles. The van der Waals surface area contributed by atoms with Crippen LogP contribution in [-0.4, -0.2) is 132 Å². The van der Waals surface area contributed by atoms with Crippen molar-refractivity contribution < 1.29 is 33.9 Å². The van der Waals surface area contributed by atoms with Crippen LogP contribution >= 0.6 is 12.6 Å². The minimum absolute atomic E-state index is 0.00420. The lowest BCUT2D eigenvalue weighted by Crippen LogP contribution is -2.60. The molecule has 0 aromatic rings.